The highest BCUT2D eigenvalue weighted by molar-refractivity contribution is 14.0. The van der Waals surface area contributed by atoms with Gasteiger partial charge in [0.2, 0.25) is 0 Å². The molecule has 0 radical (unpaired) electrons. The Labute approximate surface area is 202 Å². The number of rotatable bonds is 6. The van der Waals surface area contributed by atoms with Crippen LogP contribution in [0, 0.1) is 5.92 Å². The van der Waals surface area contributed by atoms with Crippen LogP contribution in [0.3, 0.4) is 0 Å². The number of pyridine rings is 1. The molecule has 1 aromatic heterocycles. The molecule has 1 saturated heterocycles. The van der Waals surface area contributed by atoms with E-state index >= 15 is 0 Å². The Balaban J connectivity index is 0.00000450. The third-order valence-corrected chi connectivity index (χ3v) is 4.84. The Bertz CT molecular complexity index is 671. The predicted octanol–water partition coefficient (Wildman–Crippen LogP) is 4.10. The third-order valence-electron chi connectivity index (χ3n) is 4.61. The number of halogens is 2. The molecule has 0 aromatic carbocycles. The normalized spacial score (nSPS) is 15.4. The standard InChI is InChI=1S/C21H34ClN5O2.HI/c1-5-23-19(24-11-8-16-6-7-18(22)25-14-16)26-15-17-9-12-27(13-10-17)20(28)29-21(2,3)4;/h6-7,14,17H,5,8-13,15H2,1-4H3,(H2,23,24,26);1H. The highest BCUT2D eigenvalue weighted by atomic mass is 127. The van der Waals surface area contributed by atoms with Crippen molar-refractivity contribution in [3.05, 3.63) is 29.0 Å². The molecule has 2 N–H and O–H groups in total. The number of nitrogens with one attached hydrogen (secondary N) is 2. The first-order chi connectivity index (χ1) is 13.8. The number of nitrogens with zero attached hydrogens (tertiary/aromatic N) is 3. The fourth-order valence-corrected chi connectivity index (χ4v) is 3.18. The Kier molecular flexibility index (Phi) is 11.8. The van der Waals surface area contributed by atoms with E-state index in [1.54, 1.807) is 17.2 Å². The van der Waals surface area contributed by atoms with E-state index in [1.165, 1.54) is 0 Å². The molecular weight excluding hydrogens is 517 g/mol. The zero-order chi connectivity index (χ0) is 21.3. The summed E-state index contributed by atoms with van der Waals surface area (Å²) in [5, 5.41) is 7.17. The van der Waals surface area contributed by atoms with Crippen LogP contribution in [0.5, 0.6) is 0 Å². The highest BCUT2D eigenvalue weighted by Crippen LogP contribution is 2.20. The van der Waals surface area contributed by atoms with Gasteiger partial charge in [0.1, 0.15) is 10.8 Å². The smallest absolute Gasteiger partial charge is 0.410 e. The second kappa shape index (κ2) is 13.2. The van der Waals surface area contributed by atoms with Gasteiger partial charge in [0.05, 0.1) is 0 Å². The molecule has 0 spiro atoms. The molecule has 170 valence electrons. The molecule has 7 nitrogen and oxygen atoms in total. The summed E-state index contributed by atoms with van der Waals surface area (Å²) in [4.78, 5) is 22.8. The van der Waals surface area contributed by atoms with Gasteiger partial charge >= 0.3 is 6.09 Å². The highest BCUT2D eigenvalue weighted by Gasteiger charge is 2.26. The van der Waals surface area contributed by atoms with Crippen LogP contribution in [0.1, 0.15) is 46.1 Å². The van der Waals surface area contributed by atoms with E-state index in [0.717, 1.165) is 63.5 Å². The SMILES string of the molecule is CCNC(=NCC1CCN(C(=O)OC(C)(C)C)CC1)NCCc1ccc(Cl)nc1.I. The molecule has 30 heavy (non-hydrogen) atoms. The lowest BCUT2D eigenvalue weighted by Crippen LogP contribution is -2.42. The maximum absolute atomic E-state index is 12.2. The number of guanidine groups is 1. The molecule has 2 heterocycles. The van der Waals surface area contributed by atoms with Crippen LogP contribution < -0.4 is 10.6 Å². The number of aromatic nitrogens is 1. The molecule has 0 saturated carbocycles. The summed E-state index contributed by atoms with van der Waals surface area (Å²) >= 11 is 5.82. The van der Waals surface area contributed by atoms with Gasteiger partial charge in [-0.05, 0) is 64.5 Å². The summed E-state index contributed by atoms with van der Waals surface area (Å²) in [6.45, 7) is 11.5. The quantitative estimate of drug-likeness (QED) is 0.241. The molecule has 0 unspecified atom stereocenters. The van der Waals surface area contributed by atoms with E-state index in [0.29, 0.717) is 11.1 Å². The zero-order valence-corrected chi connectivity index (χ0v) is 21.5. The van der Waals surface area contributed by atoms with Crippen LogP contribution in [0.4, 0.5) is 4.79 Å². The van der Waals surface area contributed by atoms with Crippen molar-refractivity contribution in [3.8, 4) is 0 Å². The number of hydrogen-bond acceptors (Lipinski definition) is 4. The number of hydrogen-bond donors (Lipinski definition) is 2. The van der Waals surface area contributed by atoms with Crippen LogP contribution in [-0.2, 0) is 11.2 Å². The molecule has 1 fully saturated rings. The lowest BCUT2D eigenvalue weighted by Gasteiger charge is -2.33. The summed E-state index contributed by atoms with van der Waals surface area (Å²) in [6.07, 6.45) is 4.32. The third kappa shape index (κ3) is 10.1. The Morgan fingerprint density at radius 2 is 2.00 bits per heavy atom. The van der Waals surface area contributed by atoms with Gasteiger partial charge in [-0.1, -0.05) is 17.7 Å². The Hall–Kier alpha value is -1.29. The van der Waals surface area contributed by atoms with Crippen molar-refractivity contribution in [2.24, 2.45) is 10.9 Å². The van der Waals surface area contributed by atoms with Gasteiger partial charge < -0.3 is 20.3 Å². The lowest BCUT2D eigenvalue weighted by atomic mass is 9.97. The van der Waals surface area contributed by atoms with Crippen LogP contribution >= 0.6 is 35.6 Å². The molecule has 9 heteroatoms. The minimum absolute atomic E-state index is 0. The molecule has 0 aliphatic carbocycles. The van der Waals surface area contributed by atoms with E-state index in [9.17, 15) is 4.79 Å². The second-order valence-electron chi connectivity index (χ2n) is 8.30. The van der Waals surface area contributed by atoms with Gasteiger partial charge in [0.15, 0.2) is 5.96 Å². The van der Waals surface area contributed by atoms with Crippen LogP contribution in [0.2, 0.25) is 5.15 Å². The van der Waals surface area contributed by atoms with Crippen molar-refractivity contribution < 1.29 is 9.53 Å². The van der Waals surface area contributed by atoms with Gasteiger partial charge in [-0.3, -0.25) is 4.99 Å². The van der Waals surface area contributed by atoms with E-state index in [-0.39, 0.29) is 30.1 Å². The lowest BCUT2D eigenvalue weighted by molar-refractivity contribution is 0.0187. The van der Waals surface area contributed by atoms with Crippen molar-refractivity contribution in [3.63, 3.8) is 0 Å². The number of piperidine rings is 1. The summed E-state index contributed by atoms with van der Waals surface area (Å²) in [5.74, 6) is 1.30. The molecular formula is C21H35ClIN5O2. The topological polar surface area (TPSA) is 78.9 Å². The molecule has 0 bridgehead atoms. The molecule has 2 rings (SSSR count). The average Bonchev–Trinajstić information content (AvgIpc) is 2.66. The van der Waals surface area contributed by atoms with Crippen molar-refractivity contribution in [2.45, 2.75) is 52.6 Å². The van der Waals surface area contributed by atoms with Gasteiger partial charge in [-0.25, -0.2) is 9.78 Å². The molecule has 1 aliphatic heterocycles. The van der Waals surface area contributed by atoms with Gasteiger partial charge in [-0.15, -0.1) is 24.0 Å². The first-order valence-corrected chi connectivity index (χ1v) is 10.7. The van der Waals surface area contributed by atoms with Gasteiger partial charge in [0, 0.05) is 38.9 Å². The molecule has 1 aliphatic rings. The largest absolute Gasteiger partial charge is 0.444 e. The van der Waals surface area contributed by atoms with E-state index in [1.807, 2.05) is 26.8 Å². The van der Waals surface area contributed by atoms with E-state index < -0.39 is 5.60 Å². The first kappa shape index (κ1) is 26.7. The average molecular weight is 552 g/mol. The fraction of sp³-hybridized carbons (Fsp3) is 0.667. The first-order valence-electron chi connectivity index (χ1n) is 10.4. The molecule has 1 amide bonds. The minimum Gasteiger partial charge on any atom is -0.444 e. The van der Waals surface area contributed by atoms with Crippen molar-refractivity contribution in [1.82, 2.24) is 20.5 Å². The summed E-state index contributed by atoms with van der Waals surface area (Å²) in [6, 6.07) is 3.79. The number of amides is 1. The summed E-state index contributed by atoms with van der Waals surface area (Å²) in [7, 11) is 0. The number of carbonyl (C=O) groups is 1. The van der Waals surface area contributed by atoms with Gasteiger partial charge in [0.25, 0.3) is 0 Å². The summed E-state index contributed by atoms with van der Waals surface area (Å²) in [5.41, 5.74) is 0.680. The number of likely N-dealkylation sites (tertiary alicyclic amines) is 1. The Morgan fingerprint density at radius 3 is 2.57 bits per heavy atom. The maximum Gasteiger partial charge on any atom is 0.410 e. The van der Waals surface area contributed by atoms with Crippen molar-refractivity contribution >= 4 is 47.6 Å². The van der Waals surface area contributed by atoms with Gasteiger partial charge in [-0.2, -0.15) is 0 Å². The maximum atomic E-state index is 12.2. The predicted molar refractivity (Wildman–Crippen MR) is 133 cm³/mol. The fourth-order valence-electron chi connectivity index (χ4n) is 3.07. The number of ether oxygens (including phenoxy) is 1. The van der Waals surface area contributed by atoms with E-state index in [4.69, 9.17) is 21.3 Å². The molecule has 0 atom stereocenters. The Morgan fingerprint density at radius 1 is 1.30 bits per heavy atom. The van der Waals surface area contributed by atoms with Crippen LogP contribution in [0.25, 0.3) is 0 Å². The van der Waals surface area contributed by atoms with Crippen LogP contribution in [-0.4, -0.2) is 60.3 Å². The van der Waals surface area contributed by atoms with Crippen LogP contribution in [0.15, 0.2) is 23.3 Å². The zero-order valence-electron chi connectivity index (χ0n) is 18.4. The second-order valence-corrected chi connectivity index (χ2v) is 8.68. The van der Waals surface area contributed by atoms with Crippen molar-refractivity contribution in [2.75, 3.05) is 32.7 Å². The number of aliphatic imine (C=N–C) groups is 1. The monoisotopic (exact) mass is 551 g/mol. The molecule has 1 aromatic rings. The number of carbonyl (C=O) groups excluding carboxylic acids is 1. The summed E-state index contributed by atoms with van der Waals surface area (Å²) < 4.78 is 5.46. The van der Waals surface area contributed by atoms with Crippen molar-refractivity contribution in [1.29, 1.82) is 0 Å². The minimum atomic E-state index is -0.452. The van der Waals surface area contributed by atoms with E-state index in [2.05, 4.69) is 22.5 Å².